The molecule has 1 unspecified atom stereocenters. The maximum Gasteiger partial charge on any atom is 0.340 e. The summed E-state index contributed by atoms with van der Waals surface area (Å²) in [7, 11) is -3.92. The minimum absolute atomic E-state index is 0.188. The average Bonchev–Trinajstić information content (AvgIpc) is 2.72. The number of carboxylic acid groups (broad SMARTS) is 1. The van der Waals surface area contributed by atoms with E-state index in [0.717, 1.165) is 0 Å². The molecule has 1 aromatic heterocycles. The minimum atomic E-state index is -3.92. The van der Waals surface area contributed by atoms with Gasteiger partial charge in [0.05, 0.1) is 12.7 Å². The van der Waals surface area contributed by atoms with E-state index in [2.05, 4.69) is 10.2 Å². The van der Waals surface area contributed by atoms with Crippen LogP contribution in [0.1, 0.15) is 23.0 Å². The first kappa shape index (κ1) is 14.0. The Bertz CT molecular complexity index is 594. The van der Waals surface area contributed by atoms with E-state index < -0.39 is 21.0 Å². The summed E-state index contributed by atoms with van der Waals surface area (Å²) in [5.41, 5.74) is -0.0912. The maximum atomic E-state index is 12.4. The number of aromatic carboxylic acids is 1. The van der Waals surface area contributed by atoms with Crippen LogP contribution < -0.4 is 0 Å². The van der Waals surface area contributed by atoms with Crippen molar-refractivity contribution in [1.29, 1.82) is 0 Å². The fourth-order valence-corrected chi connectivity index (χ4v) is 3.60. The van der Waals surface area contributed by atoms with Gasteiger partial charge in [-0.15, -0.1) is 0 Å². The van der Waals surface area contributed by atoms with E-state index in [4.69, 9.17) is 9.84 Å². The van der Waals surface area contributed by atoms with Crippen molar-refractivity contribution in [3.63, 3.8) is 0 Å². The van der Waals surface area contributed by atoms with Crippen molar-refractivity contribution in [1.82, 2.24) is 14.5 Å². The molecule has 1 aromatic rings. The van der Waals surface area contributed by atoms with Crippen LogP contribution in [-0.2, 0) is 14.8 Å². The predicted octanol–water partition coefficient (Wildman–Crippen LogP) is -0.174. The third kappa shape index (κ3) is 2.48. The molecule has 0 saturated carbocycles. The zero-order valence-corrected chi connectivity index (χ0v) is 11.4. The molecular formula is C10H15N3O5S. The maximum absolute atomic E-state index is 12.4. The molecule has 2 heterocycles. The Labute approximate surface area is 110 Å². The smallest absolute Gasteiger partial charge is 0.340 e. The number of hydrogen-bond donors (Lipinski definition) is 2. The van der Waals surface area contributed by atoms with Crippen molar-refractivity contribution in [3.8, 4) is 0 Å². The number of aryl methyl sites for hydroxylation is 1. The summed E-state index contributed by atoms with van der Waals surface area (Å²) in [6.07, 6.45) is -0.225. The Kier molecular flexibility index (Phi) is 3.61. The summed E-state index contributed by atoms with van der Waals surface area (Å²) < 4.78 is 31.3. The van der Waals surface area contributed by atoms with Crippen molar-refractivity contribution in [2.45, 2.75) is 25.0 Å². The van der Waals surface area contributed by atoms with Gasteiger partial charge in [0, 0.05) is 18.8 Å². The van der Waals surface area contributed by atoms with Crippen LogP contribution in [0.15, 0.2) is 5.03 Å². The van der Waals surface area contributed by atoms with Crippen LogP contribution in [0.25, 0.3) is 0 Å². The Morgan fingerprint density at radius 3 is 2.84 bits per heavy atom. The molecule has 0 radical (unpaired) electrons. The quantitative estimate of drug-likeness (QED) is 0.798. The summed E-state index contributed by atoms with van der Waals surface area (Å²) in [6, 6.07) is 0. The number of morpholine rings is 1. The zero-order chi connectivity index (χ0) is 14.2. The van der Waals surface area contributed by atoms with Crippen LogP contribution in [0.2, 0.25) is 0 Å². The lowest BCUT2D eigenvalue weighted by Gasteiger charge is -2.29. The molecule has 9 heteroatoms. The van der Waals surface area contributed by atoms with Gasteiger partial charge in [-0.05, 0) is 13.8 Å². The average molecular weight is 289 g/mol. The third-order valence-electron chi connectivity index (χ3n) is 2.92. The number of carboxylic acids is 1. The first-order chi connectivity index (χ1) is 8.84. The SMILES string of the molecule is Cc1[nH]nc(S(=O)(=O)N2CCOC(C)C2)c1C(=O)O. The molecule has 2 rings (SSSR count). The van der Waals surface area contributed by atoms with E-state index in [9.17, 15) is 13.2 Å². The largest absolute Gasteiger partial charge is 0.478 e. The lowest BCUT2D eigenvalue weighted by atomic mass is 10.3. The van der Waals surface area contributed by atoms with E-state index in [1.807, 2.05) is 0 Å². The summed E-state index contributed by atoms with van der Waals surface area (Å²) in [4.78, 5) is 11.1. The van der Waals surface area contributed by atoms with Crippen LogP contribution in [0.3, 0.4) is 0 Å². The van der Waals surface area contributed by atoms with E-state index in [1.165, 1.54) is 11.2 Å². The molecule has 0 aromatic carbocycles. The third-order valence-corrected chi connectivity index (χ3v) is 4.71. The zero-order valence-electron chi connectivity index (χ0n) is 10.6. The van der Waals surface area contributed by atoms with Crippen LogP contribution in [-0.4, -0.2) is 59.8 Å². The van der Waals surface area contributed by atoms with Crippen molar-refractivity contribution in [2.75, 3.05) is 19.7 Å². The van der Waals surface area contributed by atoms with Crippen molar-refractivity contribution < 1.29 is 23.1 Å². The van der Waals surface area contributed by atoms with E-state index in [0.29, 0.717) is 0 Å². The highest BCUT2D eigenvalue weighted by Gasteiger charge is 2.35. The molecule has 19 heavy (non-hydrogen) atoms. The number of ether oxygens (including phenoxy) is 1. The Hall–Kier alpha value is -1.45. The highest BCUT2D eigenvalue weighted by Crippen LogP contribution is 2.22. The van der Waals surface area contributed by atoms with Crippen LogP contribution >= 0.6 is 0 Å². The molecule has 1 saturated heterocycles. The number of rotatable bonds is 3. The summed E-state index contributed by atoms with van der Waals surface area (Å²) in [6.45, 7) is 3.89. The van der Waals surface area contributed by atoms with Gasteiger partial charge in [-0.25, -0.2) is 13.2 Å². The number of hydrogen-bond acceptors (Lipinski definition) is 5. The van der Waals surface area contributed by atoms with Crippen molar-refractivity contribution in [3.05, 3.63) is 11.3 Å². The molecule has 0 aliphatic carbocycles. The Balaban J connectivity index is 2.42. The summed E-state index contributed by atoms with van der Waals surface area (Å²) in [5, 5.41) is 14.7. The topological polar surface area (TPSA) is 113 Å². The highest BCUT2D eigenvalue weighted by atomic mass is 32.2. The van der Waals surface area contributed by atoms with Gasteiger partial charge in [-0.1, -0.05) is 0 Å². The van der Waals surface area contributed by atoms with Gasteiger partial charge in [-0.2, -0.15) is 9.40 Å². The number of H-pyrrole nitrogens is 1. The van der Waals surface area contributed by atoms with Gasteiger partial charge in [0.15, 0.2) is 0 Å². The molecule has 106 valence electrons. The normalized spacial score (nSPS) is 21.5. The molecule has 1 fully saturated rings. The van der Waals surface area contributed by atoms with Crippen molar-refractivity contribution in [2.24, 2.45) is 0 Å². The minimum Gasteiger partial charge on any atom is -0.478 e. The molecule has 0 amide bonds. The standard InChI is InChI=1S/C10H15N3O5S/c1-6-5-13(3-4-18-6)19(16,17)9-8(10(14)15)7(2)11-12-9/h6H,3-5H2,1-2H3,(H,11,12)(H,14,15). The van der Waals surface area contributed by atoms with Gasteiger partial charge in [-0.3, -0.25) is 5.10 Å². The van der Waals surface area contributed by atoms with E-state index in [-0.39, 0.29) is 37.1 Å². The van der Waals surface area contributed by atoms with Crippen LogP contribution in [0.5, 0.6) is 0 Å². The van der Waals surface area contributed by atoms with E-state index in [1.54, 1.807) is 6.92 Å². The first-order valence-corrected chi connectivity index (χ1v) is 7.18. The van der Waals surface area contributed by atoms with Gasteiger partial charge in [0.25, 0.3) is 10.0 Å². The second kappa shape index (κ2) is 4.91. The van der Waals surface area contributed by atoms with Gasteiger partial charge in [0.2, 0.25) is 5.03 Å². The lowest BCUT2D eigenvalue weighted by molar-refractivity contribution is 0.0101. The molecule has 2 N–H and O–H groups in total. The number of carbonyl (C=O) groups is 1. The molecule has 8 nitrogen and oxygen atoms in total. The Morgan fingerprint density at radius 1 is 1.58 bits per heavy atom. The van der Waals surface area contributed by atoms with Crippen molar-refractivity contribution >= 4 is 16.0 Å². The molecular weight excluding hydrogens is 274 g/mol. The van der Waals surface area contributed by atoms with Gasteiger partial charge < -0.3 is 9.84 Å². The van der Waals surface area contributed by atoms with Crippen LogP contribution in [0.4, 0.5) is 0 Å². The molecule has 0 spiro atoms. The number of aromatic nitrogens is 2. The van der Waals surface area contributed by atoms with Gasteiger partial charge in [0.1, 0.15) is 5.56 Å². The fraction of sp³-hybridized carbons (Fsp3) is 0.600. The number of aromatic amines is 1. The highest BCUT2D eigenvalue weighted by molar-refractivity contribution is 7.89. The molecule has 1 aliphatic rings. The number of nitrogens with one attached hydrogen (secondary N) is 1. The monoisotopic (exact) mass is 289 g/mol. The second-order valence-electron chi connectivity index (χ2n) is 4.38. The summed E-state index contributed by atoms with van der Waals surface area (Å²) >= 11 is 0. The number of nitrogens with zero attached hydrogens (tertiary/aromatic N) is 2. The Morgan fingerprint density at radius 2 is 2.26 bits per heavy atom. The van der Waals surface area contributed by atoms with Gasteiger partial charge >= 0.3 is 5.97 Å². The molecule has 1 atom stereocenters. The van der Waals surface area contributed by atoms with Crippen LogP contribution in [0, 0.1) is 6.92 Å². The first-order valence-electron chi connectivity index (χ1n) is 5.74. The fourth-order valence-electron chi connectivity index (χ4n) is 1.97. The van der Waals surface area contributed by atoms with E-state index >= 15 is 0 Å². The number of sulfonamides is 1. The summed E-state index contributed by atoms with van der Waals surface area (Å²) in [5.74, 6) is -1.31. The second-order valence-corrected chi connectivity index (χ2v) is 6.23. The molecule has 0 bridgehead atoms. The molecule has 1 aliphatic heterocycles. The lowest BCUT2D eigenvalue weighted by Crippen LogP contribution is -2.44. The predicted molar refractivity (Wildman–Crippen MR) is 64.5 cm³/mol.